The molecule has 0 atom stereocenters. The SMILES string of the molecule is Cc1ccccc1NC(=O)NCC=O. The van der Waals surface area contributed by atoms with E-state index in [1.807, 2.05) is 25.1 Å². The van der Waals surface area contributed by atoms with E-state index in [1.54, 1.807) is 6.07 Å². The van der Waals surface area contributed by atoms with E-state index in [2.05, 4.69) is 10.6 Å². The van der Waals surface area contributed by atoms with Crippen molar-refractivity contribution < 1.29 is 9.59 Å². The molecule has 0 heterocycles. The number of aldehydes is 1. The Morgan fingerprint density at radius 3 is 2.79 bits per heavy atom. The lowest BCUT2D eigenvalue weighted by molar-refractivity contribution is -0.107. The highest BCUT2D eigenvalue weighted by atomic mass is 16.2. The standard InChI is InChI=1S/C10H12N2O2/c1-8-4-2-3-5-9(8)12-10(14)11-6-7-13/h2-5,7H,6H2,1H3,(H2,11,12,14). The van der Waals surface area contributed by atoms with Crippen molar-refractivity contribution in [2.24, 2.45) is 0 Å². The van der Waals surface area contributed by atoms with E-state index < -0.39 is 0 Å². The lowest BCUT2D eigenvalue weighted by atomic mass is 10.2. The van der Waals surface area contributed by atoms with E-state index >= 15 is 0 Å². The van der Waals surface area contributed by atoms with Crippen molar-refractivity contribution in [2.45, 2.75) is 6.92 Å². The Labute approximate surface area is 82.3 Å². The van der Waals surface area contributed by atoms with Gasteiger partial charge in [-0.05, 0) is 18.6 Å². The Balaban J connectivity index is 2.56. The molecule has 74 valence electrons. The number of aryl methyl sites for hydroxylation is 1. The molecule has 0 unspecified atom stereocenters. The molecule has 0 aromatic heterocycles. The number of carbonyl (C=O) groups excluding carboxylic acids is 2. The fourth-order valence-corrected chi connectivity index (χ4v) is 1.01. The van der Waals surface area contributed by atoms with Gasteiger partial charge < -0.3 is 15.4 Å². The molecule has 0 saturated carbocycles. The molecule has 2 amide bonds. The van der Waals surface area contributed by atoms with Crippen LogP contribution in [0.4, 0.5) is 10.5 Å². The smallest absolute Gasteiger partial charge is 0.319 e. The van der Waals surface area contributed by atoms with E-state index in [4.69, 9.17) is 0 Å². The zero-order chi connectivity index (χ0) is 10.4. The summed E-state index contributed by atoms with van der Waals surface area (Å²) in [5.41, 5.74) is 1.73. The third-order valence-electron chi connectivity index (χ3n) is 1.74. The van der Waals surface area contributed by atoms with Crippen LogP contribution in [0.25, 0.3) is 0 Å². The first-order chi connectivity index (χ1) is 6.74. The van der Waals surface area contributed by atoms with Gasteiger partial charge in [-0.25, -0.2) is 4.79 Å². The summed E-state index contributed by atoms with van der Waals surface area (Å²) in [6, 6.07) is 7.06. The van der Waals surface area contributed by atoms with Gasteiger partial charge in [0.25, 0.3) is 0 Å². The molecule has 0 aliphatic heterocycles. The van der Waals surface area contributed by atoms with Crippen molar-refractivity contribution >= 4 is 18.0 Å². The second kappa shape index (κ2) is 5.01. The third kappa shape index (κ3) is 2.90. The third-order valence-corrected chi connectivity index (χ3v) is 1.74. The summed E-state index contributed by atoms with van der Waals surface area (Å²) in [7, 11) is 0. The molecule has 4 nitrogen and oxygen atoms in total. The quantitative estimate of drug-likeness (QED) is 0.709. The minimum absolute atomic E-state index is 0.0255. The van der Waals surface area contributed by atoms with Crippen LogP contribution in [0.15, 0.2) is 24.3 Å². The van der Waals surface area contributed by atoms with Crippen LogP contribution in [0.5, 0.6) is 0 Å². The van der Waals surface area contributed by atoms with Crippen molar-refractivity contribution in [2.75, 3.05) is 11.9 Å². The average molecular weight is 192 g/mol. The Hall–Kier alpha value is -1.84. The van der Waals surface area contributed by atoms with E-state index in [0.717, 1.165) is 11.3 Å². The summed E-state index contributed by atoms with van der Waals surface area (Å²) < 4.78 is 0. The minimum atomic E-state index is -0.369. The lowest BCUT2D eigenvalue weighted by Gasteiger charge is -2.07. The molecule has 14 heavy (non-hydrogen) atoms. The van der Waals surface area contributed by atoms with Gasteiger partial charge in [0.1, 0.15) is 6.29 Å². The number of carbonyl (C=O) groups is 2. The van der Waals surface area contributed by atoms with Crippen molar-refractivity contribution in [1.82, 2.24) is 5.32 Å². The van der Waals surface area contributed by atoms with E-state index in [-0.39, 0.29) is 12.6 Å². The zero-order valence-corrected chi connectivity index (χ0v) is 7.91. The molecule has 2 N–H and O–H groups in total. The van der Waals surface area contributed by atoms with Gasteiger partial charge in [0.05, 0.1) is 6.54 Å². The molecular formula is C10H12N2O2. The van der Waals surface area contributed by atoms with Crippen molar-refractivity contribution in [3.63, 3.8) is 0 Å². The average Bonchev–Trinajstić information content (AvgIpc) is 2.18. The molecule has 1 aromatic carbocycles. The second-order valence-electron chi connectivity index (χ2n) is 2.82. The molecule has 4 heteroatoms. The van der Waals surface area contributed by atoms with Crippen molar-refractivity contribution in [3.05, 3.63) is 29.8 Å². The predicted molar refractivity (Wildman–Crippen MR) is 54.3 cm³/mol. The van der Waals surface area contributed by atoms with Crippen molar-refractivity contribution in [1.29, 1.82) is 0 Å². The Morgan fingerprint density at radius 2 is 2.14 bits per heavy atom. The first kappa shape index (κ1) is 10.2. The molecule has 1 rings (SSSR count). The number of benzene rings is 1. The fraction of sp³-hybridized carbons (Fsp3) is 0.200. The number of anilines is 1. The van der Waals surface area contributed by atoms with Crippen LogP contribution in [-0.4, -0.2) is 18.9 Å². The van der Waals surface area contributed by atoms with Crippen LogP contribution in [0.3, 0.4) is 0 Å². The number of hydrogen-bond donors (Lipinski definition) is 2. The molecule has 0 aliphatic rings. The summed E-state index contributed by atoms with van der Waals surface area (Å²) in [4.78, 5) is 21.1. The Bertz CT molecular complexity index is 337. The second-order valence-corrected chi connectivity index (χ2v) is 2.82. The maximum absolute atomic E-state index is 11.1. The van der Waals surface area contributed by atoms with Crippen LogP contribution in [0.1, 0.15) is 5.56 Å². The molecule has 0 spiro atoms. The molecule has 0 aliphatic carbocycles. The van der Waals surface area contributed by atoms with Gasteiger partial charge in [0, 0.05) is 5.69 Å². The Morgan fingerprint density at radius 1 is 1.43 bits per heavy atom. The van der Waals surface area contributed by atoms with Crippen LogP contribution in [0, 0.1) is 6.92 Å². The number of urea groups is 1. The highest BCUT2D eigenvalue weighted by Crippen LogP contribution is 2.12. The fourth-order valence-electron chi connectivity index (χ4n) is 1.01. The molecule has 0 radical (unpaired) electrons. The largest absolute Gasteiger partial charge is 0.331 e. The summed E-state index contributed by atoms with van der Waals surface area (Å²) in [6.45, 7) is 1.92. The maximum atomic E-state index is 11.1. The van der Waals surface area contributed by atoms with Gasteiger partial charge in [0.2, 0.25) is 0 Å². The zero-order valence-electron chi connectivity index (χ0n) is 7.91. The van der Waals surface area contributed by atoms with E-state index in [1.165, 1.54) is 0 Å². The molecule has 0 bridgehead atoms. The predicted octanol–water partition coefficient (Wildman–Crippen LogP) is 1.32. The van der Waals surface area contributed by atoms with Gasteiger partial charge >= 0.3 is 6.03 Å². The summed E-state index contributed by atoms with van der Waals surface area (Å²) in [5.74, 6) is 0. The van der Waals surface area contributed by atoms with Gasteiger partial charge in [-0.3, -0.25) is 0 Å². The monoisotopic (exact) mass is 192 g/mol. The van der Waals surface area contributed by atoms with Crippen molar-refractivity contribution in [3.8, 4) is 0 Å². The van der Waals surface area contributed by atoms with E-state index in [0.29, 0.717) is 6.29 Å². The first-order valence-electron chi connectivity index (χ1n) is 4.28. The summed E-state index contributed by atoms with van der Waals surface area (Å²) in [6.07, 6.45) is 0.636. The molecule has 0 saturated heterocycles. The van der Waals surface area contributed by atoms with Gasteiger partial charge in [-0.15, -0.1) is 0 Å². The lowest BCUT2D eigenvalue weighted by Crippen LogP contribution is -2.30. The molecular weight excluding hydrogens is 180 g/mol. The summed E-state index contributed by atoms with van der Waals surface area (Å²) in [5, 5.41) is 5.03. The van der Waals surface area contributed by atoms with Crippen LogP contribution in [0.2, 0.25) is 0 Å². The van der Waals surface area contributed by atoms with Gasteiger partial charge in [-0.1, -0.05) is 18.2 Å². The first-order valence-corrected chi connectivity index (χ1v) is 4.28. The van der Waals surface area contributed by atoms with Crippen LogP contribution < -0.4 is 10.6 Å². The number of amides is 2. The normalized spacial score (nSPS) is 9.21. The number of hydrogen-bond acceptors (Lipinski definition) is 2. The number of rotatable bonds is 3. The highest BCUT2D eigenvalue weighted by molar-refractivity contribution is 5.90. The number of para-hydroxylation sites is 1. The molecule has 1 aromatic rings. The minimum Gasteiger partial charge on any atom is -0.331 e. The van der Waals surface area contributed by atoms with Gasteiger partial charge in [-0.2, -0.15) is 0 Å². The summed E-state index contributed by atoms with van der Waals surface area (Å²) >= 11 is 0. The topological polar surface area (TPSA) is 58.2 Å². The maximum Gasteiger partial charge on any atom is 0.319 e. The van der Waals surface area contributed by atoms with Gasteiger partial charge in [0.15, 0.2) is 0 Å². The molecule has 0 fully saturated rings. The number of nitrogens with one attached hydrogen (secondary N) is 2. The van der Waals surface area contributed by atoms with Crippen LogP contribution in [-0.2, 0) is 4.79 Å². The van der Waals surface area contributed by atoms with Crippen LogP contribution >= 0.6 is 0 Å². The highest BCUT2D eigenvalue weighted by Gasteiger charge is 2.01. The Kier molecular flexibility index (Phi) is 3.67. The van der Waals surface area contributed by atoms with E-state index in [9.17, 15) is 9.59 Å².